The van der Waals surface area contributed by atoms with Crippen molar-refractivity contribution in [2.45, 2.75) is 39.3 Å². The largest absolute Gasteiger partial charge is 0.419 e. The van der Waals surface area contributed by atoms with E-state index in [-0.39, 0.29) is 22.3 Å². The molecule has 238 valence electrons. The van der Waals surface area contributed by atoms with Crippen molar-refractivity contribution >= 4 is 11.6 Å². The van der Waals surface area contributed by atoms with Crippen LogP contribution >= 0.6 is 11.6 Å². The van der Waals surface area contributed by atoms with Gasteiger partial charge in [0, 0.05) is 21.3 Å². The summed E-state index contributed by atoms with van der Waals surface area (Å²) < 4.78 is 68.3. The van der Waals surface area contributed by atoms with E-state index in [0.29, 0.717) is 0 Å². The van der Waals surface area contributed by atoms with Crippen LogP contribution in [0.2, 0.25) is 0 Å². The molecule has 0 amide bonds. The van der Waals surface area contributed by atoms with E-state index in [0.717, 1.165) is 21.3 Å². The van der Waals surface area contributed by atoms with Crippen molar-refractivity contribution in [1.82, 2.24) is 0 Å². The van der Waals surface area contributed by atoms with E-state index < -0.39 is 44.2 Å². The molecule has 4 aromatic carbocycles. The third-order valence-electron chi connectivity index (χ3n) is 9.35. The quantitative estimate of drug-likeness (QED) is 0.0855. The van der Waals surface area contributed by atoms with Crippen molar-refractivity contribution in [3.8, 4) is 6.07 Å². The molecule has 0 aromatic heterocycles. The molecule has 7 nitrogen and oxygen atoms in total. The second kappa shape index (κ2) is 11.8. The van der Waals surface area contributed by atoms with Gasteiger partial charge in [0.25, 0.3) is 0 Å². The van der Waals surface area contributed by atoms with E-state index in [9.17, 15) is 15.4 Å². The predicted molar refractivity (Wildman–Crippen MR) is 165 cm³/mol. The lowest BCUT2D eigenvalue weighted by atomic mass is 9.40. The number of hydrogen-bond donors (Lipinski definition) is 0. The number of alkyl halides is 4. The van der Waals surface area contributed by atoms with Crippen LogP contribution in [0.5, 0.6) is 0 Å². The lowest BCUT2D eigenvalue weighted by Gasteiger charge is -2.68. The molecule has 1 aliphatic carbocycles. The Morgan fingerprint density at radius 1 is 0.739 bits per heavy atom. The van der Waals surface area contributed by atoms with Gasteiger partial charge in [-0.25, -0.2) is 0 Å². The van der Waals surface area contributed by atoms with Crippen LogP contribution < -0.4 is 0 Å². The molecule has 0 bridgehead atoms. The van der Waals surface area contributed by atoms with Gasteiger partial charge in [-0.3, -0.25) is 10.1 Å². The average Bonchev–Trinajstić information content (AvgIpc) is 3.08. The number of rotatable bonds is 8. The zero-order valence-electron chi connectivity index (χ0n) is 25.1. The number of nitriles is 1. The Hall–Kier alpha value is -4.27. The maximum Gasteiger partial charge on any atom is 0.419 e. The van der Waals surface area contributed by atoms with Crippen molar-refractivity contribution in [2.24, 2.45) is 0 Å². The maximum atomic E-state index is 16.8. The summed E-state index contributed by atoms with van der Waals surface area (Å²) in [6.07, 6.45) is -5.46. The third-order valence-corrected chi connectivity index (χ3v) is 9.92. The van der Waals surface area contributed by atoms with Crippen molar-refractivity contribution in [1.29, 1.82) is 5.26 Å². The first kappa shape index (κ1) is 33.1. The highest BCUT2D eigenvalue weighted by molar-refractivity contribution is 6.28. The van der Waals surface area contributed by atoms with E-state index in [1.165, 1.54) is 97.1 Å². The summed E-state index contributed by atoms with van der Waals surface area (Å²) >= 11 is 7.45. The second-order valence-electron chi connectivity index (χ2n) is 10.9. The molecule has 5 rings (SSSR count). The minimum Gasteiger partial charge on any atom is -0.367 e. The molecular weight excluding hydrogens is 621 g/mol. The first-order chi connectivity index (χ1) is 22.0. The van der Waals surface area contributed by atoms with Crippen LogP contribution in [0.3, 0.4) is 0 Å². The van der Waals surface area contributed by atoms with Gasteiger partial charge in [0.1, 0.15) is 0 Å². The highest BCUT2D eigenvalue weighted by Crippen LogP contribution is 2.76. The fourth-order valence-corrected chi connectivity index (χ4v) is 8.56. The minimum absolute atomic E-state index is 0.0587. The highest BCUT2D eigenvalue weighted by Gasteiger charge is 2.97. The minimum atomic E-state index is -5.46. The summed E-state index contributed by atoms with van der Waals surface area (Å²) in [6.45, 7) is 0. The van der Waals surface area contributed by atoms with Gasteiger partial charge in [-0.15, -0.1) is 0 Å². The van der Waals surface area contributed by atoms with Crippen LogP contribution in [0.25, 0.3) is 0 Å². The lowest BCUT2D eigenvalue weighted by Crippen LogP contribution is -2.90. The molecule has 0 radical (unpaired) electrons. The number of benzene rings is 4. The maximum absolute atomic E-state index is 16.8. The molecule has 0 heterocycles. The SMILES string of the molecule is COC1(c2ccccc2)C(Cl)(C#N)C(c2ccccc2)C(OC)(C(F)(F)F)C(c2ccccc2)(c2ccccc2)C1(OC)[N+](=O)[O-]. The molecule has 0 spiro atoms. The molecule has 11 heteroatoms. The zero-order chi connectivity index (χ0) is 33.4. The molecular formula is C35H30ClF3N2O5. The normalized spacial score (nSPS) is 29.0. The van der Waals surface area contributed by atoms with Crippen LogP contribution in [-0.4, -0.2) is 48.6 Å². The number of methoxy groups -OCH3 is 3. The van der Waals surface area contributed by atoms with Crippen LogP contribution in [0.15, 0.2) is 121 Å². The van der Waals surface area contributed by atoms with E-state index in [1.54, 1.807) is 24.3 Å². The molecule has 1 fully saturated rings. The first-order valence-corrected chi connectivity index (χ1v) is 14.5. The topological polar surface area (TPSA) is 94.6 Å². The average molecular weight is 651 g/mol. The standard InChI is InChI=1S/C35H30ClF3N2O5/c1-44-32(28-22-14-7-15-23-28)30(36,24-40)29(25-16-8-4-9-17-25)33(45-2,35(37,38)39)31(26-18-10-5-11-19-26,27-20-12-6-13-21-27)34(32,46-3)41(42)43/h4-23,29H,1-3H3. The van der Waals surface area contributed by atoms with Gasteiger partial charge in [-0.2, -0.15) is 18.4 Å². The van der Waals surface area contributed by atoms with Crippen LogP contribution in [0.1, 0.15) is 28.2 Å². The van der Waals surface area contributed by atoms with E-state index >= 15 is 13.2 Å². The molecule has 0 saturated heterocycles. The zero-order valence-corrected chi connectivity index (χ0v) is 25.8. The molecule has 0 N–H and O–H groups in total. The van der Waals surface area contributed by atoms with Gasteiger partial charge in [0.05, 0.1) is 16.9 Å². The Kier molecular flexibility index (Phi) is 8.51. The van der Waals surface area contributed by atoms with E-state index in [2.05, 4.69) is 0 Å². The smallest absolute Gasteiger partial charge is 0.367 e. The summed E-state index contributed by atoms with van der Waals surface area (Å²) in [7, 11) is 2.82. The molecule has 4 aromatic rings. The third kappa shape index (κ3) is 3.83. The molecule has 1 aliphatic rings. The van der Waals surface area contributed by atoms with Gasteiger partial charge in [-0.1, -0.05) is 133 Å². The highest BCUT2D eigenvalue weighted by atomic mass is 35.5. The Labute approximate surface area is 269 Å². The van der Waals surface area contributed by atoms with Gasteiger partial charge in [-0.05, 0) is 22.3 Å². The van der Waals surface area contributed by atoms with E-state index in [1.807, 2.05) is 6.07 Å². The number of hydrogen-bond acceptors (Lipinski definition) is 6. The first-order valence-electron chi connectivity index (χ1n) is 14.2. The summed E-state index contributed by atoms with van der Waals surface area (Å²) in [5, 5.41) is 25.4. The van der Waals surface area contributed by atoms with Gasteiger partial charge in [0.2, 0.25) is 5.60 Å². The Morgan fingerprint density at radius 2 is 1.15 bits per heavy atom. The van der Waals surface area contributed by atoms with Crippen molar-refractivity contribution in [2.75, 3.05) is 21.3 Å². The van der Waals surface area contributed by atoms with Crippen LogP contribution in [0, 0.1) is 21.4 Å². The molecule has 5 atom stereocenters. The Bertz CT molecular complexity index is 1690. The summed E-state index contributed by atoms with van der Waals surface area (Å²) in [5.41, 5.74) is -13.2. The molecule has 46 heavy (non-hydrogen) atoms. The number of halogens is 4. The van der Waals surface area contributed by atoms with Crippen LogP contribution in [-0.2, 0) is 25.2 Å². The van der Waals surface area contributed by atoms with Gasteiger partial charge < -0.3 is 14.2 Å². The second-order valence-corrected chi connectivity index (χ2v) is 11.5. The summed E-state index contributed by atoms with van der Waals surface area (Å²) in [4.78, 5) is 10.3. The van der Waals surface area contributed by atoms with Gasteiger partial charge >= 0.3 is 11.9 Å². The van der Waals surface area contributed by atoms with Crippen molar-refractivity contribution in [3.63, 3.8) is 0 Å². The van der Waals surface area contributed by atoms with Crippen molar-refractivity contribution in [3.05, 3.63) is 154 Å². The van der Waals surface area contributed by atoms with E-state index in [4.69, 9.17) is 25.8 Å². The van der Waals surface area contributed by atoms with Crippen LogP contribution in [0.4, 0.5) is 13.2 Å². The fourth-order valence-electron chi connectivity index (χ4n) is 7.96. The van der Waals surface area contributed by atoms with Crippen molar-refractivity contribution < 1.29 is 32.3 Å². The predicted octanol–water partition coefficient (Wildman–Crippen LogP) is 7.38. The monoisotopic (exact) mass is 650 g/mol. The Morgan fingerprint density at radius 3 is 1.48 bits per heavy atom. The Balaban J connectivity index is 2.28. The fraction of sp³-hybridized carbons (Fsp3) is 0.286. The number of ether oxygens (including phenoxy) is 3. The molecule has 1 saturated carbocycles. The molecule has 0 aliphatic heterocycles. The number of nitrogens with zero attached hydrogens (tertiary/aromatic N) is 2. The molecule has 5 unspecified atom stereocenters. The number of nitro groups is 1. The summed E-state index contributed by atoms with van der Waals surface area (Å²) in [6, 6.07) is 31.2. The lowest BCUT2D eigenvalue weighted by molar-refractivity contribution is -0.685. The van der Waals surface area contributed by atoms with Gasteiger partial charge in [0.15, 0.2) is 15.9 Å². The summed E-state index contributed by atoms with van der Waals surface area (Å²) in [5.74, 6) is -2.18.